The van der Waals surface area contributed by atoms with Crippen LogP contribution in [0.1, 0.15) is 18.4 Å². The second-order valence-corrected chi connectivity index (χ2v) is 7.45. The fourth-order valence-electron chi connectivity index (χ4n) is 2.81. The molecule has 0 aliphatic heterocycles. The average Bonchev–Trinajstić information content (AvgIpc) is 3.13. The zero-order valence-electron chi connectivity index (χ0n) is 13.2. The number of allylic oxidation sites excluding steroid dienone is 5. The summed E-state index contributed by atoms with van der Waals surface area (Å²) >= 11 is 18.6. The van der Waals surface area contributed by atoms with E-state index >= 15 is 0 Å². The van der Waals surface area contributed by atoms with Gasteiger partial charge in [0, 0.05) is 22.4 Å². The van der Waals surface area contributed by atoms with Crippen LogP contribution in [0.2, 0.25) is 0 Å². The highest BCUT2D eigenvalue weighted by atomic mass is 35.5. The van der Waals surface area contributed by atoms with E-state index in [9.17, 15) is 8.78 Å². The van der Waals surface area contributed by atoms with Crippen LogP contribution in [0.4, 0.5) is 8.78 Å². The highest BCUT2D eigenvalue weighted by Crippen LogP contribution is 2.67. The number of rotatable bonds is 6. The summed E-state index contributed by atoms with van der Waals surface area (Å²) in [6, 6.07) is 7.37. The molecule has 1 aliphatic carbocycles. The van der Waals surface area contributed by atoms with Gasteiger partial charge in [-0.1, -0.05) is 48.0 Å². The Hall–Kier alpha value is -1.03. The van der Waals surface area contributed by atoms with Gasteiger partial charge in [-0.2, -0.15) is 0 Å². The van der Waals surface area contributed by atoms with E-state index in [4.69, 9.17) is 39.5 Å². The zero-order chi connectivity index (χ0) is 18.1. The molecule has 6 heteroatoms. The molecule has 0 saturated heterocycles. The van der Waals surface area contributed by atoms with E-state index in [1.807, 2.05) is 24.3 Å². The minimum absolute atomic E-state index is 0.0826. The van der Waals surface area contributed by atoms with Gasteiger partial charge in [0.25, 0.3) is 6.43 Å². The van der Waals surface area contributed by atoms with Gasteiger partial charge in [-0.05, 0) is 24.6 Å². The summed E-state index contributed by atoms with van der Waals surface area (Å²) in [6.45, 7) is 5.15. The minimum Gasteiger partial charge on any atom is -0.497 e. The van der Waals surface area contributed by atoms with Crippen LogP contribution in [0.3, 0.4) is 0 Å². The first-order valence-corrected chi connectivity index (χ1v) is 8.37. The fourth-order valence-corrected chi connectivity index (χ4v) is 3.92. The van der Waals surface area contributed by atoms with E-state index < -0.39 is 10.8 Å². The predicted octanol–water partition coefficient (Wildman–Crippen LogP) is 6.47. The van der Waals surface area contributed by atoms with Crippen molar-refractivity contribution in [3.05, 3.63) is 64.7 Å². The Kier molecular flexibility index (Phi) is 6.00. The molecule has 1 saturated carbocycles. The lowest BCUT2D eigenvalue weighted by molar-refractivity contribution is 0.193. The third-order valence-electron chi connectivity index (χ3n) is 4.09. The molecule has 2 rings (SSSR count). The van der Waals surface area contributed by atoms with Crippen molar-refractivity contribution in [3.8, 4) is 5.75 Å². The number of hydrogen-bond acceptors (Lipinski definition) is 1. The summed E-state index contributed by atoms with van der Waals surface area (Å²) in [5, 5.41) is -0.0826. The molecule has 2 atom stereocenters. The Morgan fingerprint density at radius 1 is 1.29 bits per heavy atom. The summed E-state index contributed by atoms with van der Waals surface area (Å²) in [5.41, 5.74) is 1.29. The number of benzene rings is 1. The summed E-state index contributed by atoms with van der Waals surface area (Å²) in [6.07, 6.45) is -0.166. The maximum Gasteiger partial charge on any atom is 0.265 e. The van der Waals surface area contributed by atoms with Crippen molar-refractivity contribution < 1.29 is 13.5 Å². The van der Waals surface area contributed by atoms with Crippen molar-refractivity contribution in [2.45, 2.75) is 23.6 Å². The molecule has 1 fully saturated rings. The van der Waals surface area contributed by atoms with Crippen LogP contribution < -0.4 is 4.74 Å². The van der Waals surface area contributed by atoms with E-state index in [1.54, 1.807) is 14.0 Å². The van der Waals surface area contributed by atoms with Gasteiger partial charge in [-0.25, -0.2) is 8.78 Å². The van der Waals surface area contributed by atoms with Crippen molar-refractivity contribution in [3.63, 3.8) is 0 Å². The Morgan fingerprint density at radius 3 is 2.33 bits per heavy atom. The van der Waals surface area contributed by atoms with Crippen molar-refractivity contribution in [2.75, 3.05) is 7.11 Å². The van der Waals surface area contributed by atoms with E-state index in [0.29, 0.717) is 5.57 Å². The first kappa shape index (κ1) is 19.3. The van der Waals surface area contributed by atoms with Crippen LogP contribution in [0, 0.1) is 5.92 Å². The zero-order valence-corrected chi connectivity index (χ0v) is 15.5. The molecule has 0 amide bonds. The molecular weight excluding hydrogens is 377 g/mol. The molecule has 24 heavy (non-hydrogen) atoms. The van der Waals surface area contributed by atoms with Crippen LogP contribution >= 0.6 is 34.8 Å². The van der Waals surface area contributed by atoms with Crippen LogP contribution in [0.15, 0.2) is 59.2 Å². The SMILES string of the molecule is C=C/C(Cl)=C(\C=C(/C)C1C(c2ccc(OC)cc2)C1(Cl)Cl)C(F)F. The normalized spacial score (nSPS) is 23.8. The Balaban J connectivity index is 2.30. The van der Waals surface area contributed by atoms with E-state index in [1.165, 1.54) is 12.2 Å². The number of halogens is 5. The average molecular weight is 394 g/mol. The van der Waals surface area contributed by atoms with E-state index in [2.05, 4.69) is 6.58 Å². The summed E-state index contributed by atoms with van der Waals surface area (Å²) in [4.78, 5) is 0. The second-order valence-electron chi connectivity index (χ2n) is 5.60. The Bertz CT molecular complexity index is 678. The molecule has 130 valence electrons. The molecule has 1 aromatic rings. The molecule has 1 aliphatic rings. The molecule has 0 radical (unpaired) electrons. The van der Waals surface area contributed by atoms with Gasteiger partial charge in [-0.3, -0.25) is 0 Å². The standard InChI is InChI=1S/C18H17Cl3F2O/c1-4-14(19)13(17(22)23)9-10(2)15-16(18(15,20)21)11-5-7-12(24-3)8-6-11/h4-9,15-17H,1H2,2-3H3/b10-9+,14-13-. The molecule has 0 bridgehead atoms. The van der Waals surface area contributed by atoms with Gasteiger partial charge >= 0.3 is 0 Å². The number of alkyl halides is 4. The molecule has 0 heterocycles. The minimum atomic E-state index is -2.70. The maximum absolute atomic E-state index is 13.2. The van der Waals surface area contributed by atoms with Crippen molar-refractivity contribution in [1.82, 2.24) is 0 Å². The number of ether oxygens (including phenoxy) is 1. The van der Waals surface area contributed by atoms with E-state index in [0.717, 1.165) is 11.3 Å². The molecule has 0 aromatic heterocycles. The van der Waals surface area contributed by atoms with Gasteiger partial charge in [0.1, 0.15) is 10.1 Å². The second kappa shape index (κ2) is 7.47. The maximum atomic E-state index is 13.2. The van der Waals surface area contributed by atoms with Gasteiger partial charge in [-0.15, -0.1) is 23.2 Å². The van der Waals surface area contributed by atoms with Crippen molar-refractivity contribution >= 4 is 34.8 Å². The first-order chi connectivity index (χ1) is 11.2. The quantitative estimate of drug-likeness (QED) is 0.397. The highest BCUT2D eigenvalue weighted by Gasteiger charge is 2.64. The molecule has 0 spiro atoms. The largest absolute Gasteiger partial charge is 0.497 e. The topological polar surface area (TPSA) is 9.23 Å². The summed E-state index contributed by atoms with van der Waals surface area (Å²) in [7, 11) is 1.58. The molecule has 1 nitrogen and oxygen atoms in total. The highest BCUT2D eigenvalue weighted by molar-refractivity contribution is 6.52. The van der Waals surface area contributed by atoms with Crippen LogP contribution in [-0.2, 0) is 0 Å². The van der Waals surface area contributed by atoms with Gasteiger partial charge in [0.05, 0.1) is 7.11 Å². The van der Waals surface area contributed by atoms with Gasteiger partial charge in [0.15, 0.2) is 0 Å². The lowest BCUT2D eigenvalue weighted by Gasteiger charge is -2.06. The van der Waals surface area contributed by atoms with Crippen molar-refractivity contribution in [1.29, 1.82) is 0 Å². The molecular formula is C18H17Cl3F2O. The summed E-state index contributed by atoms with van der Waals surface area (Å²) < 4.78 is 30.4. The predicted molar refractivity (Wildman–Crippen MR) is 96.5 cm³/mol. The first-order valence-electron chi connectivity index (χ1n) is 7.24. The lowest BCUT2D eigenvalue weighted by Crippen LogP contribution is -1.99. The molecule has 1 aromatic carbocycles. The summed E-state index contributed by atoms with van der Waals surface area (Å²) in [5.74, 6) is 0.278. The number of hydrogen-bond donors (Lipinski definition) is 0. The Morgan fingerprint density at radius 2 is 1.88 bits per heavy atom. The number of methoxy groups -OCH3 is 1. The smallest absolute Gasteiger partial charge is 0.265 e. The van der Waals surface area contributed by atoms with Crippen LogP contribution in [-0.4, -0.2) is 17.9 Å². The fraction of sp³-hybridized carbons (Fsp3) is 0.333. The van der Waals surface area contributed by atoms with Gasteiger partial charge in [0.2, 0.25) is 0 Å². The van der Waals surface area contributed by atoms with E-state index in [-0.39, 0.29) is 22.4 Å². The van der Waals surface area contributed by atoms with Crippen LogP contribution in [0.5, 0.6) is 5.75 Å². The van der Waals surface area contributed by atoms with Gasteiger partial charge < -0.3 is 4.74 Å². The van der Waals surface area contributed by atoms with Crippen LogP contribution in [0.25, 0.3) is 0 Å². The Labute approximate surface area is 155 Å². The third kappa shape index (κ3) is 3.79. The molecule has 2 unspecified atom stereocenters. The third-order valence-corrected chi connectivity index (χ3v) is 5.41. The lowest BCUT2D eigenvalue weighted by atomic mass is 10.0. The van der Waals surface area contributed by atoms with Crippen molar-refractivity contribution in [2.24, 2.45) is 5.92 Å². The molecule has 0 N–H and O–H groups in total. The monoisotopic (exact) mass is 392 g/mol.